The maximum Gasteiger partial charge on any atom is 0.0945 e. The van der Waals surface area contributed by atoms with Crippen molar-refractivity contribution in [3.05, 3.63) is 18.7 Å². The summed E-state index contributed by atoms with van der Waals surface area (Å²) in [5.41, 5.74) is 0. The van der Waals surface area contributed by atoms with Crippen molar-refractivity contribution in [3.63, 3.8) is 0 Å². The van der Waals surface area contributed by atoms with Crippen LogP contribution in [0.15, 0.2) is 18.7 Å². The van der Waals surface area contributed by atoms with E-state index in [1.807, 2.05) is 10.8 Å². The lowest BCUT2D eigenvalue weighted by molar-refractivity contribution is 0.761. The average Bonchev–Trinajstić information content (AvgIpc) is 2.39. The van der Waals surface area contributed by atoms with E-state index in [1.165, 1.54) is 6.42 Å². The van der Waals surface area contributed by atoms with Crippen LogP contribution >= 0.6 is 0 Å². The first-order valence-electron chi connectivity index (χ1n) is 3.80. The van der Waals surface area contributed by atoms with Crippen LogP contribution in [0.4, 0.5) is 0 Å². The highest BCUT2D eigenvalue weighted by molar-refractivity contribution is 4.72. The Labute approximate surface area is 62.9 Å². The fourth-order valence-electron chi connectivity index (χ4n) is 0.474. The van der Waals surface area contributed by atoms with Gasteiger partial charge in [-0.05, 0) is 6.92 Å². The number of aryl methyl sites for hydroxylation is 1. The third kappa shape index (κ3) is 4.13. The molecule has 10 heavy (non-hydrogen) atoms. The summed E-state index contributed by atoms with van der Waals surface area (Å²) in [4.78, 5) is 3.86. The highest BCUT2D eigenvalue weighted by atomic mass is 15.0. The van der Waals surface area contributed by atoms with E-state index in [4.69, 9.17) is 0 Å². The SMILES string of the molecule is CCC.CCn1ccnc1. The third-order valence-corrected chi connectivity index (χ3v) is 0.924. The van der Waals surface area contributed by atoms with Gasteiger partial charge in [0.1, 0.15) is 0 Å². The van der Waals surface area contributed by atoms with Crippen LogP contribution in [0.25, 0.3) is 0 Å². The average molecular weight is 140 g/mol. The molecule has 0 spiro atoms. The van der Waals surface area contributed by atoms with E-state index >= 15 is 0 Å². The van der Waals surface area contributed by atoms with Crippen molar-refractivity contribution in [2.24, 2.45) is 0 Å². The third-order valence-electron chi connectivity index (χ3n) is 0.924. The quantitative estimate of drug-likeness (QED) is 0.585. The lowest BCUT2D eigenvalue weighted by atomic mass is 10.6. The Bertz CT molecular complexity index is 133. The van der Waals surface area contributed by atoms with Crippen molar-refractivity contribution in [1.29, 1.82) is 0 Å². The molecular weight excluding hydrogens is 124 g/mol. The maximum atomic E-state index is 3.86. The Morgan fingerprint density at radius 3 is 2.10 bits per heavy atom. The number of imidazole rings is 1. The molecule has 0 saturated heterocycles. The lowest BCUT2D eigenvalue weighted by Crippen LogP contribution is -1.85. The van der Waals surface area contributed by atoms with Gasteiger partial charge in [-0.25, -0.2) is 4.98 Å². The highest BCUT2D eigenvalue weighted by Gasteiger charge is 1.77. The van der Waals surface area contributed by atoms with Gasteiger partial charge >= 0.3 is 0 Å². The van der Waals surface area contributed by atoms with Gasteiger partial charge in [0.2, 0.25) is 0 Å². The number of hydrogen-bond acceptors (Lipinski definition) is 1. The molecule has 0 radical (unpaired) electrons. The Morgan fingerprint density at radius 1 is 1.30 bits per heavy atom. The number of rotatable bonds is 1. The van der Waals surface area contributed by atoms with Crippen molar-refractivity contribution in [2.45, 2.75) is 33.7 Å². The molecule has 0 bridgehead atoms. The fraction of sp³-hybridized carbons (Fsp3) is 0.625. The monoisotopic (exact) mass is 140 g/mol. The van der Waals surface area contributed by atoms with Gasteiger partial charge in [0.25, 0.3) is 0 Å². The first-order chi connectivity index (χ1) is 4.85. The minimum atomic E-state index is 1.01. The van der Waals surface area contributed by atoms with E-state index in [2.05, 4.69) is 25.8 Å². The standard InChI is InChI=1S/C5H8N2.C3H8/c1-2-7-4-3-6-5-7;1-3-2/h3-5H,2H2,1H3;3H2,1-2H3. The fourth-order valence-corrected chi connectivity index (χ4v) is 0.474. The molecule has 2 nitrogen and oxygen atoms in total. The van der Waals surface area contributed by atoms with Gasteiger partial charge in [-0.1, -0.05) is 20.3 Å². The van der Waals surface area contributed by atoms with Gasteiger partial charge in [-0.2, -0.15) is 0 Å². The molecule has 0 amide bonds. The summed E-state index contributed by atoms with van der Waals surface area (Å²) in [7, 11) is 0. The molecule has 58 valence electrons. The molecule has 0 aliphatic rings. The summed E-state index contributed by atoms with van der Waals surface area (Å²) in [5, 5.41) is 0. The molecule has 0 fully saturated rings. The minimum absolute atomic E-state index is 1.01. The van der Waals surface area contributed by atoms with Gasteiger partial charge in [0, 0.05) is 18.9 Å². The summed E-state index contributed by atoms with van der Waals surface area (Å²) in [6.07, 6.45) is 6.78. The largest absolute Gasteiger partial charge is 0.338 e. The van der Waals surface area contributed by atoms with Gasteiger partial charge in [0.05, 0.1) is 6.33 Å². The number of aromatic nitrogens is 2. The summed E-state index contributed by atoms with van der Waals surface area (Å²) in [6.45, 7) is 7.35. The second-order valence-electron chi connectivity index (χ2n) is 2.10. The second-order valence-corrected chi connectivity index (χ2v) is 2.10. The zero-order chi connectivity index (χ0) is 7.82. The van der Waals surface area contributed by atoms with Gasteiger partial charge in [-0.15, -0.1) is 0 Å². The van der Waals surface area contributed by atoms with Crippen molar-refractivity contribution in [1.82, 2.24) is 9.55 Å². The first-order valence-corrected chi connectivity index (χ1v) is 3.80. The molecule has 1 heterocycles. The molecule has 0 aliphatic heterocycles. The maximum absolute atomic E-state index is 3.86. The Morgan fingerprint density at radius 2 is 1.90 bits per heavy atom. The van der Waals surface area contributed by atoms with E-state index in [0.29, 0.717) is 0 Å². The topological polar surface area (TPSA) is 17.8 Å². The molecule has 0 aromatic carbocycles. The van der Waals surface area contributed by atoms with Crippen LogP contribution < -0.4 is 0 Å². The van der Waals surface area contributed by atoms with Crippen molar-refractivity contribution in [3.8, 4) is 0 Å². The lowest BCUT2D eigenvalue weighted by Gasteiger charge is -1.87. The van der Waals surface area contributed by atoms with E-state index in [-0.39, 0.29) is 0 Å². The number of nitrogens with zero attached hydrogens (tertiary/aromatic N) is 2. The molecule has 0 N–H and O–H groups in total. The zero-order valence-corrected chi connectivity index (χ0v) is 7.04. The molecule has 1 aromatic rings. The predicted octanol–water partition coefficient (Wildman–Crippen LogP) is 2.32. The van der Waals surface area contributed by atoms with Gasteiger partial charge < -0.3 is 4.57 Å². The summed E-state index contributed by atoms with van der Waals surface area (Å²) in [6, 6.07) is 0. The molecule has 0 aliphatic carbocycles. The zero-order valence-electron chi connectivity index (χ0n) is 7.04. The number of hydrogen-bond donors (Lipinski definition) is 0. The van der Waals surface area contributed by atoms with Crippen LogP contribution in [0.5, 0.6) is 0 Å². The van der Waals surface area contributed by atoms with Gasteiger partial charge in [-0.3, -0.25) is 0 Å². The van der Waals surface area contributed by atoms with Crippen molar-refractivity contribution < 1.29 is 0 Å². The summed E-state index contributed by atoms with van der Waals surface area (Å²) in [5.74, 6) is 0. The van der Waals surface area contributed by atoms with E-state index in [1.54, 1.807) is 12.5 Å². The van der Waals surface area contributed by atoms with Crippen molar-refractivity contribution >= 4 is 0 Å². The summed E-state index contributed by atoms with van der Waals surface area (Å²) >= 11 is 0. The van der Waals surface area contributed by atoms with Gasteiger partial charge in [0.15, 0.2) is 0 Å². The Hall–Kier alpha value is -0.790. The predicted molar refractivity (Wildman–Crippen MR) is 43.9 cm³/mol. The molecule has 1 aromatic heterocycles. The van der Waals surface area contributed by atoms with Crippen molar-refractivity contribution in [2.75, 3.05) is 0 Å². The molecule has 0 saturated carbocycles. The Balaban J connectivity index is 0.000000236. The van der Waals surface area contributed by atoms with E-state index in [0.717, 1.165) is 6.54 Å². The molecule has 0 unspecified atom stereocenters. The van der Waals surface area contributed by atoms with Crippen LogP contribution in [0.2, 0.25) is 0 Å². The molecule has 1 rings (SSSR count). The van der Waals surface area contributed by atoms with Crippen LogP contribution in [-0.4, -0.2) is 9.55 Å². The van der Waals surface area contributed by atoms with Crippen LogP contribution in [0, 0.1) is 0 Å². The van der Waals surface area contributed by atoms with Crippen LogP contribution in [0.1, 0.15) is 27.2 Å². The van der Waals surface area contributed by atoms with E-state index in [9.17, 15) is 0 Å². The molecular formula is C8H16N2. The smallest absolute Gasteiger partial charge is 0.0945 e. The van der Waals surface area contributed by atoms with Crippen LogP contribution in [-0.2, 0) is 6.54 Å². The molecule has 0 atom stereocenters. The highest BCUT2D eigenvalue weighted by Crippen LogP contribution is 1.81. The van der Waals surface area contributed by atoms with Crippen LogP contribution in [0.3, 0.4) is 0 Å². The normalized spacial score (nSPS) is 8.30. The summed E-state index contributed by atoms with van der Waals surface area (Å²) < 4.78 is 2.01. The minimum Gasteiger partial charge on any atom is -0.338 e. The first kappa shape index (κ1) is 9.21. The second kappa shape index (κ2) is 6.33. The Kier molecular flexibility index (Phi) is 5.83. The van der Waals surface area contributed by atoms with E-state index < -0.39 is 0 Å². The molecule has 2 heteroatoms.